The Hall–Kier alpha value is -1.63. The fourth-order valence-electron chi connectivity index (χ4n) is 3.19. The molecule has 22 heavy (non-hydrogen) atoms. The number of piperidine rings is 1. The number of aliphatic carboxylic acids is 1. The monoisotopic (exact) mass is 309 g/mol. The third-order valence-corrected chi connectivity index (χ3v) is 4.67. The van der Waals surface area contributed by atoms with Crippen molar-refractivity contribution in [1.82, 2.24) is 10.1 Å². The molecule has 1 atom stereocenters. The van der Waals surface area contributed by atoms with Gasteiger partial charge in [0.1, 0.15) is 0 Å². The lowest BCUT2D eigenvalue weighted by atomic mass is 9.76. The van der Waals surface area contributed by atoms with Gasteiger partial charge >= 0.3 is 5.97 Å². The van der Waals surface area contributed by atoms with E-state index in [0.29, 0.717) is 43.8 Å². The standard InChI is InChI=1S/C15H23N3O4/c1-21-9-3-7-15(13(19)20)6-2-8-18(10-15)14-16-12(22-17-14)11-4-5-11/h11H,2-10H2,1H3,(H,19,20). The van der Waals surface area contributed by atoms with Gasteiger partial charge in [0, 0.05) is 32.7 Å². The molecule has 1 aliphatic carbocycles. The molecule has 7 heteroatoms. The smallest absolute Gasteiger partial charge is 0.311 e. The van der Waals surface area contributed by atoms with Crippen LogP contribution in [0.4, 0.5) is 5.95 Å². The Morgan fingerprint density at radius 1 is 1.55 bits per heavy atom. The molecule has 0 aromatic carbocycles. The van der Waals surface area contributed by atoms with Gasteiger partial charge in [0.15, 0.2) is 0 Å². The van der Waals surface area contributed by atoms with Crippen molar-refractivity contribution in [2.45, 2.75) is 44.4 Å². The molecule has 0 bridgehead atoms. The van der Waals surface area contributed by atoms with Gasteiger partial charge in [0.05, 0.1) is 5.41 Å². The zero-order chi connectivity index (χ0) is 15.6. The number of rotatable bonds is 7. The van der Waals surface area contributed by atoms with Crippen LogP contribution in [0.1, 0.15) is 50.3 Å². The van der Waals surface area contributed by atoms with E-state index in [-0.39, 0.29) is 0 Å². The van der Waals surface area contributed by atoms with Crippen LogP contribution in [0.5, 0.6) is 0 Å². The first-order valence-electron chi connectivity index (χ1n) is 7.95. The molecule has 2 aliphatic rings. The summed E-state index contributed by atoms with van der Waals surface area (Å²) in [5.74, 6) is 0.913. The first kappa shape index (κ1) is 15.3. The van der Waals surface area contributed by atoms with E-state index in [0.717, 1.165) is 32.2 Å². The summed E-state index contributed by atoms with van der Waals surface area (Å²) in [5, 5.41) is 13.8. The van der Waals surface area contributed by atoms with Crippen molar-refractivity contribution < 1.29 is 19.2 Å². The Labute approximate surface area is 129 Å². The second-order valence-corrected chi connectivity index (χ2v) is 6.41. The number of aromatic nitrogens is 2. The quantitative estimate of drug-likeness (QED) is 0.771. The highest BCUT2D eigenvalue weighted by Crippen LogP contribution is 2.40. The van der Waals surface area contributed by atoms with Crippen molar-refractivity contribution in [1.29, 1.82) is 0 Å². The predicted octanol–water partition coefficient (Wildman–Crippen LogP) is 2.04. The van der Waals surface area contributed by atoms with Gasteiger partial charge in [-0.15, -0.1) is 0 Å². The molecule has 1 saturated heterocycles. The summed E-state index contributed by atoms with van der Waals surface area (Å²) in [6.07, 6.45) is 5.09. The molecular weight excluding hydrogens is 286 g/mol. The highest BCUT2D eigenvalue weighted by Gasteiger charge is 2.43. The molecule has 0 radical (unpaired) electrons. The molecule has 2 heterocycles. The van der Waals surface area contributed by atoms with E-state index in [2.05, 4.69) is 10.1 Å². The fourth-order valence-corrected chi connectivity index (χ4v) is 3.19. The second kappa shape index (κ2) is 6.24. The van der Waals surface area contributed by atoms with Crippen LogP contribution in [0, 0.1) is 5.41 Å². The second-order valence-electron chi connectivity index (χ2n) is 6.41. The van der Waals surface area contributed by atoms with Crippen LogP contribution in [-0.2, 0) is 9.53 Å². The summed E-state index contributed by atoms with van der Waals surface area (Å²) in [6.45, 7) is 1.81. The third kappa shape index (κ3) is 3.09. The van der Waals surface area contributed by atoms with Crippen LogP contribution in [0.2, 0.25) is 0 Å². The number of hydrogen-bond acceptors (Lipinski definition) is 6. The number of carboxylic acids is 1. The van der Waals surface area contributed by atoms with Crippen molar-refractivity contribution in [2.75, 3.05) is 31.7 Å². The van der Waals surface area contributed by atoms with E-state index in [1.807, 2.05) is 4.90 Å². The average molecular weight is 309 g/mol. The number of hydrogen-bond donors (Lipinski definition) is 1. The van der Waals surface area contributed by atoms with Crippen LogP contribution in [0.25, 0.3) is 0 Å². The van der Waals surface area contributed by atoms with Crippen molar-refractivity contribution >= 4 is 11.9 Å². The zero-order valence-corrected chi connectivity index (χ0v) is 13.0. The number of carbonyl (C=O) groups is 1. The normalized spacial score (nSPS) is 25.4. The van der Waals surface area contributed by atoms with E-state index in [4.69, 9.17) is 9.26 Å². The lowest BCUT2D eigenvalue weighted by Crippen LogP contribution is -2.48. The molecule has 2 fully saturated rings. The molecule has 3 rings (SSSR count). The van der Waals surface area contributed by atoms with Gasteiger partial charge in [-0.3, -0.25) is 4.79 Å². The lowest BCUT2D eigenvalue weighted by Gasteiger charge is -2.39. The number of carboxylic acid groups (broad SMARTS) is 1. The molecule has 1 aromatic rings. The summed E-state index contributed by atoms with van der Waals surface area (Å²) in [7, 11) is 1.64. The summed E-state index contributed by atoms with van der Waals surface area (Å²) in [4.78, 5) is 18.2. The molecule has 0 amide bonds. The zero-order valence-electron chi connectivity index (χ0n) is 13.0. The van der Waals surface area contributed by atoms with Crippen molar-refractivity contribution in [2.24, 2.45) is 5.41 Å². The molecule has 7 nitrogen and oxygen atoms in total. The summed E-state index contributed by atoms with van der Waals surface area (Å²) >= 11 is 0. The number of nitrogens with zero attached hydrogens (tertiary/aromatic N) is 3. The minimum atomic E-state index is -0.739. The van der Waals surface area contributed by atoms with Crippen LogP contribution < -0.4 is 4.90 Å². The Morgan fingerprint density at radius 2 is 2.36 bits per heavy atom. The highest BCUT2D eigenvalue weighted by atomic mass is 16.5. The topological polar surface area (TPSA) is 88.7 Å². The van der Waals surface area contributed by atoms with Gasteiger partial charge in [-0.1, -0.05) is 0 Å². The van der Waals surface area contributed by atoms with Crippen molar-refractivity contribution in [3.05, 3.63) is 5.89 Å². The van der Waals surface area contributed by atoms with Crippen LogP contribution >= 0.6 is 0 Å². The Bertz CT molecular complexity index is 529. The van der Waals surface area contributed by atoms with Crippen LogP contribution in [0.3, 0.4) is 0 Å². The number of methoxy groups -OCH3 is 1. The van der Waals surface area contributed by atoms with Crippen LogP contribution in [0.15, 0.2) is 4.52 Å². The molecule has 0 spiro atoms. The predicted molar refractivity (Wildman–Crippen MR) is 78.9 cm³/mol. The van der Waals surface area contributed by atoms with Crippen molar-refractivity contribution in [3.8, 4) is 0 Å². The maximum atomic E-state index is 11.8. The molecule has 1 aliphatic heterocycles. The lowest BCUT2D eigenvalue weighted by molar-refractivity contribution is -0.150. The van der Waals surface area contributed by atoms with E-state index in [1.54, 1.807) is 7.11 Å². The Kier molecular flexibility index (Phi) is 4.33. The minimum absolute atomic E-state index is 0.414. The molecule has 1 saturated carbocycles. The SMILES string of the molecule is COCCCC1(C(=O)O)CCCN(c2noc(C3CC3)n2)C1. The molecular formula is C15H23N3O4. The summed E-state index contributed by atoms with van der Waals surface area (Å²) < 4.78 is 10.4. The minimum Gasteiger partial charge on any atom is -0.481 e. The summed E-state index contributed by atoms with van der Waals surface area (Å²) in [6, 6.07) is 0. The Morgan fingerprint density at radius 3 is 3.05 bits per heavy atom. The molecule has 1 N–H and O–H groups in total. The number of anilines is 1. The first-order valence-corrected chi connectivity index (χ1v) is 7.95. The molecule has 1 unspecified atom stereocenters. The molecule has 122 valence electrons. The van der Waals surface area contributed by atoms with Gasteiger partial charge < -0.3 is 19.3 Å². The van der Waals surface area contributed by atoms with E-state index >= 15 is 0 Å². The van der Waals surface area contributed by atoms with E-state index < -0.39 is 11.4 Å². The van der Waals surface area contributed by atoms with Crippen molar-refractivity contribution in [3.63, 3.8) is 0 Å². The van der Waals surface area contributed by atoms with Gasteiger partial charge in [-0.05, 0) is 43.7 Å². The maximum Gasteiger partial charge on any atom is 0.311 e. The fraction of sp³-hybridized carbons (Fsp3) is 0.800. The average Bonchev–Trinajstić information content (AvgIpc) is 3.25. The first-order chi connectivity index (χ1) is 10.6. The largest absolute Gasteiger partial charge is 0.481 e. The number of ether oxygens (including phenoxy) is 1. The van der Waals surface area contributed by atoms with Gasteiger partial charge in [-0.2, -0.15) is 4.98 Å². The van der Waals surface area contributed by atoms with E-state index in [1.165, 1.54) is 0 Å². The van der Waals surface area contributed by atoms with E-state index in [9.17, 15) is 9.90 Å². The van der Waals surface area contributed by atoms with Gasteiger partial charge in [0.2, 0.25) is 5.89 Å². The molecule has 1 aromatic heterocycles. The van der Waals surface area contributed by atoms with Gasteiger partial charge in [0.25, 0.3) is 5.95 Å². The van der Waals surface area contributed by atoms with Crippen LogP contribution in [-0.4, -0.2) is 48.0 Å². The maximum absolute atomic E-state index is 11.8. The third-order valence-electron chi connectivity index (χ3n) is 4.67. The Balaban J connectivity index is 1.70. The summed E-state index contributed by atoms with van der Waals surface area (Å²) in [5.41, 5.74) is -0.739. The van der Waals surface area contributed by atoms with Gasteiger partial charge in [-0.25, -0.2) is 0 Å². The highest BCUT2D eigenvalue weighted by molar-refractivity contribution is 5.75.